The molecule has 1 aromatic heterocycles. The van der Waals surface area contributed by atoms with Crippen LogP contribution >= 0.6 is 34.5 Å². The Morgan fingerprint density at radius 3 is 2.77 bits per heavy atom. The van der Waals surface area contributed by atoms with Crippen molar-refractivity contribution in [1.29, 1.82) is 0 Å². The van der Waals surface area contributed by atoms with E-state index in [0.717, 1.165) is 17.4 Å². The molecular formula is C20H19Cl2F2N3O3S. The zero-order valence-electron chi connectivity index (χ0n) is 16.6. The van der Waals surface area contributed by atoms with Crippen LogP contribution in [0.5, 0.6) is 5.75 Å². The normalized spacial score (nSPS) is 12.1. The summed E-state index contributed by atoms with van der Waals surface area (Å²) >= 11 is 13.3. The highest BCUT2D eigenvalue weighted by molar-refractivity contribution is 7.22. The topological polar surface area (TPSA) is 72.5 Å². The molecule has 2 amide bonds. The predicted molar refractivity (Wildman–Crippen MR) is 119 cm³/mol. The minimum absolute atomic E-state index is 0.0735. The first-order chi connectivity index (χ1) is 14.8. The van der Waals surface area contributed by atoms with Crippen molar-refractivity contribution in [3.63, 3.8) is 0 Å². The Morgan fingerprint density at radius 2 is 2.03 bits per heavy atom. The number of hydrogen-bond donors (Lipinski definition) is 2. The van der Waals surface area contributed by atoms with E-state index in [1.165, 1.54) is 18.2 Å². The van der Waals surface area contributed by atoms with Crippen LogP contribution in [0.4, 0.5) is 18.7 Å². The van der Waals surface area contributed by atoms with Gasteiger partial charge in [-0.05, 0) is 25.5 Å². The molecule has 166 valence electrons. The number of nitrogens with zero attached hydrogens (tertiary/aromatic N) is 1. The summed E-state index contributed by atoms with van der Waals surface area (Å²) in [6, 6.07) is 4.74. The Bertz CT molecular complexity index is 1100. The molecule has 0 bridgehead atoms. The number of halogens is 4. The quantitative estimate of drug-likeness (QED) is 0.292. The van der Waals surface area contributed by atoms with Crippen LogP contribution in [0.1, 0.15) is 25.0 Å². The van der Waals surface area contributed by atoms with E-state index in [0.29, 0.717) is 34.9 Å². The standard InChI is InChI=1S/C20H19Cl2F2N3O3S/c1-10(17-11(21)4-5-12(23)18(17)22)30-15-9-16-14(8-13(15)24)26-20(31-16)27-19(28)25-6-3-7-29-2/h4-5,8-10H,3,6-7H2,1-2H3,(H2,25,26,27,28). The number of carbonyl (C=O) groups is 1. The molecule has 2 aromatic carbocycles. The molecule has 1 unspecified atom stereocenters. The molecule has 31 heavy (non-hydrogen) atoms. The van der Waals surface area contributed by atoms with Gasteiger partial charge in [-0.25, -0.2) is 18.6 Å². The van der Waals surface area contributed by atoms with Crippen LogP contribution in [-0.4, -0.2) is 31.3 Å². The summed E-state index contributed by atoms with van der Waals surface area (Å²) in [5, 5.41) is 5.62. The van der Waals surface area contributed by atoms with E-state index < -0.39 is 23.8 Å². The smallest absolute Gasteiger partial charge is 0.321 e. The number of hydrogen-bond acceptors (Lipinski definition) is 5. The first-order valence-corrected chi connectivity index (χ1v) is 10.8. The maximum atomic E-state index is 14.6. The van der Waals surface area contributed by atoms with Gasteiger partial charge in [-0.3, -0.25) is 5.32 Å². The zero-order valence-corrected chi connectivity index (χ0v) is 18.9. The van der Waals surface area contributed by atoms with Crippen molar-refractivity contribution >= 4 is 55.9 Å². The summed E-state index contributed by atoms with van der Waals surface area (Å²) in [5.74, 6) is -1.38. The molecule has 2 N–H and O–H groups in total. The van der Waals surface area contributed by atoms with E-state index in [-0.39, 0.29) is 21.4 Å². The maximum Gasteiger partial charge on any atom is 0.321 e. The number of fused-ring (bicyclic) bond motifs is 1. The van der Waals surface area contributed by atoms with Gasteiger partial charge in [0.2, 0.25) is 0 Å². The molecule has 1 heterocycles. The van der Waals surface area contributed by atoms with E-state index in [2.05, 4.69) is 15.6 Å². The Kier molecular flexibility index (Phi) is 7.88. The Balaban J connectivity index is 1.75. The summed E-state index contributed by atoms with van der Waals surface area (Å²) in [7, 11) is 1.58. The van der Waals surface area contributed by atoms with Crippen molar-refractivity contribution in [2.24, 2.45) is 0 Å². The van der Waals surface area contributed by atoms with Gasteiger partial charge < -0.3 is 14.8 Å². The fourth-order valence-electron chi connectivity index (χ4n) is 2.80. The highest BCUT2D eigenvalue weighted by Crippen LogP contribution is 2.37. The SMILES string of the molecule is COCCCNC(=O)Nc1nc2cc(F)c(OC(C)c3c(Cl)ccc(F)c3Cl)cc2s1. The highest BCUT2D eigenvalue weighted by Gasteiger charge is 2.21. The van der Waals surface area contributed by atoms with Gasteiger partial charge in [0.25, 0.3) is 0 Å². The van der Waals surface area contributed by atoms with Gasteiger partial charge in [0.15, 0.2) is 16.7 Å². The van der Waals surface area contributed by atoms with Crippen LogP contribution in [-0.2, 0) is 4.74 Å². The van der Waals surface area contributed by atoms with Crippen LogP contribution in [0, 0.1) is 11.6 Å². The van der Waals surface area contributed by atoms with E-state index in [4.69, 9.17) is 32.7 Å². The second kappa shape index (κ2) is 10.4. The minimum Gasteiger partial charge on any atom is -0.483 e. The van der Waals surface area contributed by atoms with Gasteiger partial charge in [-0.1, -0.05) is 34.5 Å². The second-order valence-corrected chi connectivity index (χ2v) is 8.33. The average Bonchev–Trinajstić information content (AvgIpc) is 3.09. The summed E-state index contributed by atoms with van der Waals surface area (Å²) < 4.78 is 39.6. The van der Waals surface area contributed by atoms with Crippen molar-refractivity contribution in [1.82, 2.24) is 10.3 Å². The molecule has 0 fully saturated rings. The first-order valence-electron chi connectivity index (χ1n) is 9.24. The van der Waals surface area contributed by atoms with Crippen LogP contribution in [0.2, 0.25) is 10.0 Å². The summed E-state index contributed by atoms with van der Waals surface area (Å²) in [6.45, 7) is 2.57. The molecule has 0 aliphatic rings. The zero-order chi connectivity index (χ0) is 22.5. The number of anilines is 1. The van der Waals surface area contributed by atoms with Crippen LogP contribution in [0.25, 0.3) is 10.2 Å². The van der Waals surface area contributed by atoms with Gasteiger partial charge in [0.05, 0.1) is 15.2 Å². The molecule has 0 radical (unpaired) electrons. The van der Waals surface area contributed by atoms with Gasteiger partial charge in [0.1, 0.15) is 11.9 Å². The summed E-state index contributed by atoms with van der Waals surface area (Å²) in [5.41, 5.74) is 0.582. The molecular weight excluding hydrogens is 471 g/mol. The number of aromatic nitrogens is 1. The molecule has 6 nitrogen and oxygen atoms in total. The molecule has 0 saturated heterocycles. The fourth-order valence-corrected chi connectivity index (χ4v) is 4.35. The molecule has 11 heteroatoms. The third-order valence-electron chi connectivity index (χ3n) is 4.26. The van der Waals surface area contributed by atoms with Crippen LogP contribution in [0.15, 0.2) is 24.3 Å². The molecule has 0 saturated carbocycles. The minimum atomic E-state index is -0.814. The van der Waals surface area contributed by atoms with Crippen molar-refractivity contribution in [2.75, 3.05) is 25.6 Å². The van der Waals surface area contributed by atoms with Crippen molar-refractivity contribution in [3.05, 3.63) is 51.5 Å². The molecule has 1 atom stereocenters. The number of nitrogens with one attached hydrogen (secondary N) is 2. The molecule has 3 aromatic rings. The number of urea groups is 1. The molecule has 0 aliphatic heterocycles. The average molecular weight is 490 g/mol. The third kappa shape index (κ3) is 5.74. The summed E-state index contributed by atoms with van der Waals surface area (Å²) in [4.78, 5) is 16.1. The van der Waals surface area contributed by atoms with Gasteiger partial charge in [-0.2, -0.15) is 0 Å². The van der Waals surface area contributed by atoms with Crippen LogP contribution < -0.4 is 15.4 Å². The Labute approximate surface area is 191 Å². The lowest BCUT2D eigenvalue weighted by Crippen LogP contribution is -2.29. The fraction of sp³-hybridized carbons (Fsp3) is 0.300. The largest absolute Gasteiger partial charge is 0.483 e. The van der Waals surface area contributed by atoms with E-state index in [1.54, 1.807) is 14.0 Å². The van der Waals surface area contributed by atoms with E-state index >= 15 is 0 Å². The number of rotatable bonds is 8. The number of ether oxygens (including phenoxy) is 2. The van der Waals surface area contributed by atoms with Gasteiger partial charge in [-0.15, -0.1) is 0 Å². The highest BCUT2D eigenvalue weighted by atomic mass is 35.5. The summed E-state index contributed by atoms with van der Waals surface area (Å²) in [6.07, 6.45) is -0.140. The van der Waals surface area contributed by atoms with E-state index in [1.807, 2.05) is 0 Å². The van der Waals surface area contributed by atoms with E-state index in [9.17, 15) is 13.6 Å². The number of amides is 2. The van der Waals surface area contributed by atoms with Crippen molar-refractivity contribution in [3.8, 4) is 5.75 Å². The monoisotopic (exact) mass is 489 g/mol. The third-order valence-corrected chi connectivity index (χ3v) is 5.91. The number of thiazole rings is 1. The van der Waals surface area contributed by atoms with Crippen molar-refractivity contribution < 1.29 is 23.0 Å². The Morgan fingerprint density at radius 1 is 1.26 bits per heavy atom. The number of carbonyl (C=O) groups excluding carboxylic acids is 1. The van der Waals surface area contributed by atoms with Crippen LogP contribution in [0.3, 0.4) is 0 Å². The second-order valence-electron chi connectivity index (χ2n) is 6.51. The molecule has 0 spiro atoms. The predicted octanol–water partition coefficient (Wildman–Crippen LogP) is 6.18. The first kappa shape index (κ1) is 23.5. The number of benzene rings is 2. The molecule has 3 rings (SSSR count). The number of methoxy groups -OCH3 is 1. The molecule has 0 aliphatic carbocycles. The van der Waals surface area contributed by atoms with Crippen molar-refractivity contribution in [2.45, 2.75) is 19.4 Å². The van der Waals surface area contributed by atoms with Gasteiger partial charge >= 0.3 is 6.03 Å². The lowest BCUT2D eigenvalue weighted by Gasteiger charge is -2.18. The van der Waals surface area contributed by atoms with Gasteiger partial charge in [0, 0.05) is 43.0 Å². The lowest BCUT2D eigenvalue weighted by molar-refractivity contribution is 0.194. The maximum absolute atomic E-state index is 14.6. The Hall–Kier alpha value is -2.20. The lowest BCUT2D eigenvalue weighted by atomic mass is 10.1.